The Morgan fingerprint density at radius 3 is 1.38 bits per heavy atom. The quantitative estimate of drug-likeness (QED) is 0.580. The van der Waals surface area contributed by atoms with Crippen LogP contribution in [0, 0.1) is 0 Å². The molecular weight excluding hydrogens is 189 g/mol. The number of rotatable bonds is 0. The second kappa shape index (κ2) is 6.27. The molecule has 0 aliphatic rings. The maximum absolute atomic E-state index is 11.0. The molecule has 0 unspecified atom stereocenters. The molecule has 2 N–H and O–H groups in total. The zero-order chi connectivity index (χ0) is 11.1. The van der Waals surface area contributed by atoms with Gasteiger partial charge in [-0.25, -0.2) is 0 Å². The molecule has 0 aliphatic heterocycles. The first-order chi connectivity index (χ1) is 5.75. The van der Waals surface area contributed by atoms with Crippen LogP contribution in [0.15, 0.2) is 0 Å². The van der Waals surface area contributed by atoms with Crippen molar-refractivity contribution in [2.75, 3.05) is 14.1 Å². The molecule has 7 heteroatoms. The molecule has 2 amide bonds. The lowest BCUT2D eigenvalue weighted by atomic mass is 10.6. The third kappa shape index (κ3) is 10.7. The van der Waals surface area contributed by atoms with Crippen molar-refractivity contribution >= 4 is 11.8 Å². The minimum absolute atomic E-state index is 0.00463. The summed E-state index contributed by atoms with van der Waals surface area (Å²) in [6.07, 6.45) is -4.74. The Morgan fingerprint density at radius 2 is 1.38 bits per heavy atom. The lowest BCUT2D eigenvalue weighted by Crippen LogP contribution is -2.33. The fourth-order valence-corrected chi connectivity index (χ4v) is 0.142. The Kier molecular flexibility index (Phi) is 6.88. The zero-order valence-corrected chi connectivity index (χ0v) is 7.45. The van der Waals surface area contributed by atoms with Crippen molar-refractivity contribution in [1.29, 1.82) is 0 Å². The molecule has 0 heterocycles. The van der Waals surface area contributed by atoms with Gasteiger partial charge >= 0.3 is 12.1 Å². The summed E-state index contributed by atoms with van der Waals surface area (Å²) in [6, 6.07) is 0. The maximum atomic E-state index is 11.0. The van der Waals surface area contributed by atoms with E-state index in [-0.39, 0.29) is 5.91 Å². The first kappa shape index (κ1) is 14.3. The molecule has 0 radical (unpaired) electrons. The lowest BCUT2D eigenvalue weighted by molar-refractivity contribution is -0.172. The van der Waals surface area contributed by atoms with E-state index in [1.807, 2.05) is 0 Å². The lowest BCUT2D eigenvalue weighted by Gasteiger charge is -2.00. The maximum Gasteiger partial charge on any atom is 0.471 e. The van der Waals surface area contributed by atoms with Gasteiger partial charge in [-0.05, 0) is 0 Å². The Balaban J connectivity index is 0. The van der Waals surface area contributed by atoms with Gasteiger partial charge < -0.3 is 10.6 Å². The van der Waals surface area contributed by atoms with Crippen LogP contribution in [-0.4, -0.2) is 32.1 Å². The first-order valence-corrected chi connectivity index (χ1v) is 3.23. The van der Waals surface area contributed by atoms with Crippen LogP contribution in [-0.2, 0) is 9.59 Å². The van der Waals surface area contributed by atoms with Gasteiger partial charge in [-0.3, -0.25) is 9.59 Å². The number of hydrogen-bond donors (Lipinski definition) is 2. The second-order valence-electron chi connectivity index (χ2n) is 1.88. The molecule has 0 aromatic rings. The van der Waals surface area contributed by atoms with Crippen molar-refractivity contribution in [2.24, 2.45) is 0 Å². The molecule has 0 saturated heterocycles. The van der Waals surface area contributed by atoms with Gasteiger partial charge in [-0.2, -0.15) is 13.2 Å². The number of carbonyl (C=O) groups excluding carboxylic acids is 2. The van der Waals surface area contributed by atoms with Crippen molar-refractivity contribution < 1.29 is 22.8 Å². The molecule has 0 aliphatic carbocycles. The fourth-order valence-electron chi connectivity index (χ4n) is 0.142. The molecule has 0 aromatic heterocycles. The number of nitrogens with one attached hydrogen (secondary N) is 2. The molecule has 13 heavy (non-hydrogen) atoms. The van der Waals surface area contributed by atoms with E-state index in [0.29, 0.717) is 0 Å². The second-order valence-corrected chi connectivity index (χ2v) is 1.88. The predicted octanol–water partition coefficient (Wildman–Crippen LogP) is 0.0470. The van der Waals surface area contributed by atoms with Gasteiger partial charge in [0.2, 0.25) is 5.91 Å². The van der Waals surface area contributed by atoms with Crippen LogP contribution in [0.1, 0.15) is 6.92 Å². The largest absolute Gasteiger partial charge is 0.471 e. The van der Waals surface area contributed by atoms with E-state index in [1.165, 1.54) is 12.2 Å². The molecule has 0 spiro atoms. The van der Waals surface area contributed by atoms with Gasteiger partial charge in [0.25, 0.3) is 0 Å². The zero-order valence-electron chi connectivity index (χ0n) is 7.45. The number of carbonyl (C=O) groups is 2. The summed E-state index contributed by atoms with van der Waals surface area (Å²) < 4.78 is 33.1. The molecule has 78 valence electrons. The summed E-state index contributed by atoms with van der Waals surface area (Å²) in [5.74, 6) is -1.91. The Bertz CT molecular complexity index is 179. The molecule has 0 rings (SSSR count). The standard InChI is InChI=1S/C3H4F3NO.C3H7NO/c1-7-2(8)3(4,5)6;1-3(5)4-2/h1H3,(H,7,8);1-2H3,(H,4,5). The van der Waals surface area contributed by atoms with E-state index < -0.39 is 12.1 Å². The van der Waals surface area contributed by atoms with Crippen LogP contribution < -0.4 is 10.6 Å². The molecule has 0 bridgehead atoms. The summed E-state index contributed by atoms with van der Waals surface area (Å²) >= 11 is 0. The third-order valence-corrected chi connectivity index (χ3v) is 0.837. The topological polar surface area (TPSA) is 58.2 Å². The smallest absolute Gasteiger partial charge is 0.359 e. The number of amides is 2. The van der Waals surface area contributed by atoms with Gasteiger partial charge in [0, 0.05) is 21.0 Å². The summed E-state index contributed by atoms with van der Waals surface area (Å²) in [4.78, 5) is 19.3. The Hall–Kier alpha value is -1.27. The number of hydrogen-bond acceptors (Lipinski definition) is 2. The molecule has 0 saturated carbocycles. The van der Waals surface area contributed by atoms with Crippen LogP contribution in [0.3, 0.4) is 0 Å². The average Bonchev–Trinajstić information content (AvgIpc) is 2.02. The monoisotopic (exact) mass is 200 g/mol. The predicted molar refractivity (Wildman–Crippen MR) is 39.9 cm³/mol. The van der Waals surface area contributed by atoms with E-state index in [4.69, 9.17) is 0 Å². The third-order valence-electron chi connectivity index (χ3n) is 0.837. The van der Waals surface area contributed by atoms with Crippen molar-refractivity contribution in [1.82, 2.24) is 10.6 Å². The minimum Gasteiger partial charge on any atom is -0.359 e. The highest BCUT2D eigenvalue weighted by molar-refractivity contribution is 5.81. The number of halogens is 3. The highest BCUT2D eigenvalue weighted by Gasteiger charge is 2.37. The van der Waals surface area contributed by atoms with Gasteiger partial charge in [0.05, 0.1) is 0 Å². The van der Waals surface area contributed by atoms with Crippen molar-refractivity contribution in [3.8, 4) is 0 Å². The summed E-state index contributed by atoms with van der Waals surface area (Å²) in [6.45, 7) is 1.47. The summed E-state index contributed by atoms with van der Waals surface area (Å²) in [5, 5.41) is 3.83. The Morgan fingerprint density at radius 1 is 1.08 bits per heavy atom. The van der Waals surface area contributed by atoms with E-state index in [1.54, 1.807) is 7.05 Å². The molecule has 0 fully saturated rings. The van der Waals surface area contributed by atoms with Crippen LogP contribution in [0.4, 0.5) is 13.2 Å². The average molecular weight is 200 g/mol. The molecule has 4 nitrogen and oxygen atoms in total. The number of alkyl halides is 3. The minimum atomic E-state index is -4.74. The highest BCUT2D eigenvalue weighted by atomic mass is 19.4. The van der Waals surface area contributed by atoms with E-state index in [9.17, 15) is 22.8 Å². The van der Waals surface area contributed by atoms with Crippen molar-refractivity contribution in [3.63, 3.8) is 0 Å². The van der Waals surface area contributed by atoms with E-state index >= 15 is 0 Å². The first-order valence-electron chi connectivity index (χ1n) is 3.23. The SMILES string of the molecule is CNC(=O)C(F)(F)F.CNC(C)=O. The molecule has 0 aromatic carbocycles. The van der Waals surface area contributed by atoms with Crippen molar-refractivity contribution in [2.45, 2.75) is 13.1 Å². The van der Waals surface area contributed by atoms with E-state index in [0.717, 1.165) is 7.05 Å². The highest BCUT2D eigenvalue weighted by Crippen LogP contribution is 2.13. The van der Waals surface area contributed by atoms with Gasteiger partial charge in [0.1, 0.15) is 0 Å². The fraction of sp³-hybridized carbons (Fsp3) is 0.667. The molecular formula is C6H11F3N2O2. The van der Waals surface area contributed by atoms with Crippen LogP contribution in [0.5, 0.6) is 0 Å². The Labute approximate surface area is 73.5 Å². The van der Waals surface area contributed by atoms with Crippen LogP contribution in [0.2, 0.25) is 0 Å². The van der Waals surface area contributed by atoms with E-state index in [2.05, 4.69) is 5.32 Å². The normalized spacial score (nSPS) is 9.38. The molecule has 0 atom stereocenters. The van der Waals surface area contributed by atoms with Gasteiger partial charge in [0.15, 0.2) is 0 Å². The van der Waals surface area contributed by atoms with Crippen molar-refractivity contribution in [3.05, 3.63) is 0 Å². The summed E-state index contributed by atoms with van der Waals surface area (Å²) in [5.41, 5.74) is 0. The van der Waals surface area contributed by atoms with Crippen LogP contribution in [0.25, 0.3) is 0 Å². The van der Waals surface area contributed by atoms with Crippen LogP contribution >= 0.6 is 0 Å². The summed E-state index contributed by atoms with van der Waals surface area (Å²) in [7, 11) is 2.53. The van der Waals surface area contributed by atoms with Gasteiger partial charge in [-0.15, -0.1) is 0 Å². The van der Waals surface area contributed by atoms with Gasteiger partial charge in [-0.1, -0.05) is 0 Å².